The zero-order chi connectivity index (χ0) is 22.8. The lowest BCUT2D eigenvalue weighted by molar-refractivity contribution is 0.0669. The summed E-state index contributed by atoms with van der Waals surface area (Å²) < 4.78 is 16.0. The van der Waals surface area contributed by atoms with Gasteiger partial charge in [-0.2, -0.15) is 0 Å². The normalized spacial score (nSPS) is 11.3. The second-order valence-corrected chi connectivity index (χ2v) is 8.72. The van der Waals surface area contributed by atoms with Gasteiger partial charge in [0.25, 0.3) is 0 Å². The molecule has 3 rings (SSSR count). The summed E-state index contributed by atoms with van der Waals surface area (Å²) >= 11 is 7.28. The van der Waals surface area contributed by atoms with Crippen molar-refractivity contribution < 1.29 is 14.6 Å². The first-order valence-corrected chi connectivity index (χ1v) is 11.8. The van der Waals surface area contributed by atoms with Crippen molar-refractivity contribution in [3.63, 3.8) is 0 Å². The summed E-state index contributed by atoms with van der Waals surface area (Å²) in [6.07, 6.45) is 3.29. The van der Waals surface area contributed by atoms with E-state index in [1.165, 1.54) is 11.9 Å². The number of aromatic nitrogens is 1. The maximum atomic E-state index is 13.2. The van der Waals surface area contributed by atoms with Crippen molar-refractivity contribution in [3.05, 3.63) is 75.0 Å². The summed E-state index contributed by atoms with van der Waals surface area (Å²) in [6.45, 7) is 2.97. The van der Waals surface area contributed by atoms with Crippen molar-refractivity contribution in [3.8, 4) is 0 Å². The predicted molar refractivity (Wildman–Crippen MR) is 130 cm³/mol. The van der Waals surface area contributed by atoms with E-state index in [4.69, 9.17) is 26.2 Å². The van der Waals surface area contributed by atoms with Gasteiger partial charge in [0.1, 0.15) is 0 Å². The number of pyridine rings is 1. The maximum Gasteiger partial charge on any atom is 0.204 e. The molecule has 0 aliphatic heterocycles. The smallest absolute Gasteiger partial charge is 0.204 e. The molecule has 0 atom stereocenters. The third-order valence-corrected chi connectivity index (χ3v) is 6.07. The number of nitrogens with zero attached hydrogens (tertiary/aromatic N) is 1. The number of methoxy groups -OCH3 is 1. The molecule has 0 saturated heterocycles. The number of hydrogen-bond donors (Lipinski definition) is 2. The highest BCUT2D eigenvalue weighted by atomic mass is 35.5. The van der Waals surface area contributed by atoms with E-state index in [1.807, 2.05) is 48.7 Å². The van der Waals surface area contributed by atoms with Gasteiger partial charge >= 0.3 is 0 Å². The highest BCUT2D eigenvalue weighted by molar-refractivity contribution is 7.97. The number of nitrogens with one attached hydrogen (secondary N) is 1. The van der Waals surface area contributed by atoms with E-state index in [0.29, 0.717) is 54.6 Å². The molecule has 0 bridgehead atoms. The fourth-order valence-corrected chi connectivity index (χ4v) is 4.22. The van der Waals surface area contributed by atoms with Crippen molar-refractivity contribution >= 4 is 34.5 Å². The van der Waals surface area contributed by atoms with Crippen LogP contribution < -0.4 is 10.2 Å². The topological polar surface area (TPSA) is 72.7 Å². The molecule has 2 aromatic carbocycles. The quantitative estimate of drug-likeness (QED) is 0.286. The lowest BCUT2D eigenvalue weighted by Crippen LogP contribution is -2.17. The maximum absolute atomic E-state index is 13.2. The van der Waals surface area contributed by atoms with Gasteiger partial charge in [0, 0.05) is 43.4 Å². The van der Waals surface area contributed by atoms with Crippen LogP contribution in [0.3, 0.4) is 0 Å². The largest absolute Gasteiger partial charge is 0.396 e. The van der Waals surface area contributed by atoms with Gasteiger partial charge in [-0.3, -0.25) is 9.52 Å². The average molecular weight is 477 g/mol. The number of aliphatic hydroxyl groups excluding tert-OH is 1. The van der Waals surface area contributed by atoms with E-state index in [-0.39, 0.29) is 12.0 Å². The van der Waals surface area contributed by atoms with Gasteiger partial charge in [0.15, 0.2) is 0 Å². The molecular weight excluding hydrogens is 448 g/mol. The molecule has 0 unspecified atom stereocenters. The second-order valence-electron chi connectivity index (χ2n) is 7.35. The van der Waals surface area contributed by atoms with Crippen LogP contribution in [0.25, 0.3) is 10.9 Å². The van der Waals surface area contributed by atoms with E-state index in [9.17, 15) is 4.79 Å². The second kappa shape index (κ2) is 13.0. The molecule has 1 heterocycles. The van der Waals surface area contributed by atoms with E-state index in [1.54, 1.807) is 7.11 Å². The van der Waals surface area contributed by atoms with Gasteiger partial charge < -0.3 is 19.1 Å². The van der Waals surface area contributed by atoms with Gasteiger partial charge in [-0.1, -0.05) is 29.8 Å². The molecule has 0 saturated carbocycles. The highest BCUT2D eigenvalue weighted by Gasteiger charge is 2.11. The van der Waals surface area contributed by atoms with Crippen LogP contribution in [0.15, 0.2) is 58.4 Å². The molecule has 32 heavy (non-hydrogen) atoms. The minimum absolute atomic E-state index is 0.00370. The van der Waals surface area contributed by atoms with E-state index >= 15 is 0 Å². The van der Waals surface area contributed by atoms with E-state index in [0.717, 1.165) is 23.1 Å². The highest BCUT2D eigenvalue weighted by Crippen LogP contribution is 2.20. The van der Waals surface area contributed by atoms with Crippen LogP contribution in [-0.4, -0.2) is 43.2 Å². The lowest BCUT2D eigenvalue weighted by Gasteiger charge is -2.15. The Labute approximate surface area is 197 Å². The minimum atomic E-state index is -0.00370. The average Bonchev–Trinajstić information content (AvgIpc) is 2.81. The molecule has 0 radical (unpaired) electrons. The van der Waals surface area contributed by atoms with Crippen LogP contribution in [0.4, 0.5) is 0 Å². The van der Waals surface area contributed by atoms with Gasteiger partial charge in [-0.25, -0.2) is 0 Å². The Bertz CT molecular complexity index is 1060. The van der Waals surface area contributed by atoms with Gasteiger partial charge in [-0.15, -0.1) is 0 Å². The van der Waals surface area contributed by atoms with Crippen LogP contribution in [0.5, 0.6) is 0 Å². The summed E-state index contributed by atoms with van der Waals surface area (Å²) in [5.74, 6) is 0. The Morgan fingerprint density at radius 2 is 1.88 bits per heavy atom. The molecular formula is C24H29ClN2O4S. The van der Waals surface area contributed by atoms with Crippen molar-refractivity contribution in [2.24, 2.45) is 0 Å². The molecule has 2 N–H and O–H groups in total. The van der Waals surface area contributed by atoms with Crippen LogP contribution in [0.1, 0.15) is 17.5 Å². The van der Waals surface area contributed by atoms with E-state index < -0.39 is 0 Å². The Morgan fingerprint density at radius 3 is 2.62 bits per heavy atom. The Kier molecular flexibility index (Phi) is 10.1. The van der Waals surface area contributed by atoms with Gasteiger partial charge in [0.2, 0.25) is 5.43 Å². The SMILES string of the molecule is COCCOCCn1cc(SNCc2ccc(Cl)cc2)c(=O)c2cc(CCCO)ccc21. The first kappa shape index (κ1) is 24.8. The molecule has 0 aliphatic rings. The zero-order valence-electron chi connectivity index (χ0n) is 18.2. The molecule has 1 aromatic heterocycles. The number of benzene rings is 2. The molecule has 8 heteroatoms. The monoisotopic (exact) mass is 476 g/mol. The minimum Gasteiger partial charge on any atom is -0.396 e. The molecule has 0 aliphatic carbocycles. The number of hydrogen-bond acceptors (Lipinski definition) is 6. The lowest BCUT2D eigenvalue weighted by atomic mass is 10.1. The Hall–Kier alpha value is -1.87. The Morgan fingerprint density at radius 1 is 1.09 bits per heavy atom. The predicted octanol–water partition coefficient (Wildman–Crippen LogP) is 4.04. The number of aryl methyl sites for hydroxylation is 1. The molecule has 172 valence electrons. The number of halogens is 1. The van der Waals surface area contributed by atoms with Crippen LogP contribution >= 0.6 is 23.5 Å². The first-order valence-electron chi connectivity index (χ1n) is 10.6. The molecule has 6 nitrogen and oxygen atoms in total. The zero-order valence-corrected chi connectivity index (χ0v) is 19.8. The third kappa shape index (κ3) is 7.07. The van der Waals surface area contributed by atoms with Crippen molar-refractivity contribution in [2.75, 3.05) is 33.5 Å². The number of fused-ring (bicyclic) bond motifs is 1. The van der Waals surface area contributed by atoms with Gasteiger partial charge in [-0.05, 0) is 60.2 Å². The Balaban J connectivity index is 1.81. The van der Waals surface area contributed by atoms with Crippen LogP contribution in [0, 0.1) is 0 Å². The molecule has 0 spiro atoms. The van der Waals surface area contributed by atoms with Crippen LogP contribution in [0.2, 0.25) is 5.02 Å². The summed E-state index contributed by atoms with van der Waals surface area (Å²) in [5.41, 5.74) is 3.00. The summed E-state index contributed by atoms with van der Waals surface area (Å²) in [5, 5.41) is 10.5. The van der Waals surface area contributed by atoms with Crippen molar-refractivity contribution in [1.82, 2.24) is 9.29 Å². The third-order valence-electron chi connectivity index (χ3n) is 5.02. The summed E-state index contributed by atoms with van der Waals surface area (Å²) in [7, 11) is 1.65. The van der Waals surface area contributed by atoms with E-state index in [2.05, 4.69) is 9.29 Å². The fourth-order valence-electron chi connectivity index (χ4n) is 3.32. The number of aliphatic hydroxyl groups is 1. The first-order chi connectivity index (χ1) is 15.6. The van der Waals surface area contributed by atoms with Crippen molar-refractivity contribution in [2.45, 2.75) is 30.8 Å². The number of rotatable bonds is 13. The molecule has 0 fully saturated rings. The molecule has 3 aromatic rings. The molecule has 0 amide bonds. The van der Waals surface area contributed by atoms with Gasteiger partial charge in [0.05, 0.1) is 30.2 Å². The standard InChI is InChI=1S/C24H29ClN2O4S/c1-30-13-14-31-12-10-27-17-23(32-26-16-19-4-7-20(25)8-5-19)24(29)21-15-18(3-2-11-28)6-9-22(21)27/h4-9,15,17,26,28H,2-3,10-14,16H2,1H3. The van der Waals surface area contributed by atoms with Crippen molar-refractivity contribution in [1.29, 1.82) is 0 Å². The fraction of sp³-hybridized carbons (Fsp3) is 0.375. The number of ether oxygens (including phenoxy) is 2. The summed E-state index contributed by atoms with van der Waals surface area (Å²) in [6, 6.07) is 13.6. The summed E-state index contributed by atoms with van der Waals surface area (Å²) in [4.78, 5) is 13.8. The van der Waals surface area contributed by atoms with Crippen LogP contribution in [-0.2, 0) is 29.0 Å².